The molecule has 0 amide bonds. The van der Waals surface area contributed by atoms with Gasteiger partial charge in [0.25, 0.3) is 0 Å². The van der Waals surface area contributed by atoms with Crippen molar-refractivity contribution < 1.29 is 4.52 Å². The fraction of sp³-hybridized carbons (Fsp3) is 0.500. The lowest BCUT2D eigenvalue weighted by Crippen LogP contribution is -2.19. The first kappa shape index (κ1) is 12.9. The molecule has 1 atom stereocenters. The smallest absolute Gasteiger partial charge is 0.231 e. The Hall–Kier alpha value is -2.13. The maximum absolute atomic E-state index is 8.97. The van der Waals surface area contributed by atoms with Gasteiger partial charge in [-0.1, -0.05) is 5.16 Å². The quantitative estimate of drug-likeness (QED) is 0.847. The zero-order valence-electron chi connectivity index (χ0n) is 11.7. The molecule has 0 unspecified atom stereocenters. The summed E-state index contributed by atoms with van der Waals surface area (Å²) in [4.78, 5) is 6.68. The molecule has 2 aromatic rings. The van der Waals surface area contributed by atoms with Gasteiger partial charge in [-0.2, -0.15) is 10.2 Å². The predicted octanol–water partition coefficient (Wildman–Crippen LogP) is 1.58. The van der Waals surface area contributed by atoms with Crippen LogP contribution in [0.2, 0.25) is 0 Å². The fourth-order valence-electron chi connectivity index (χ4n) is 2.75. The van der Waals surface area contributed by atoms with E-state index in [1.165, 1.54) is 5.56 Å². The highest BCUT2D eigenvalue weighted by atomic mass is 16.5. The van der Waals surface area contributed by atoms with Gasteiger partial charge in [-0.3, -0.25) is 4.90 Å². The van der Waals surface area contributed by atoms with Gasteiger partial charge in [0, 0.05) is 26.3 Å². The Bertz CT molecular complexity index is 651. The van der Waals surface area contributed by atoms with Gasteiger partial charge in [-0.05, 0) is 31.5 Å². The van der Waals surface area contributed by atoms with Gasteiger partial charge in [0.15, 0.2) is 5.82 Å². The van der Waals surface area contributed by atoms with Crippen molar-refractivity contribution in [3.05, 3.63) is 35.2 Å². The fourth-order valence-corrected chi connectivity index (χ4v) is 2.75. The van der Waals surface area contributed by atoms with Crippen LogP contribution in [0.15, 0.2) is 16.8 Å². The van der Waals surface area contributed by atoms with Gasteiger partial charge in [0.1, 0.15) is 11.8 Å². The number of hydrogen-bond donors (Lipinski definition) is 0. The van der Waals surface area contributed by atoms with Crippen molar-refractivity contribution in [3.8, 4) is 6.07 Å². The standard InChI is InChI=1S/C14H17N5O/c1-10-16-14(20-17-10)12-3-4-19(9-12)8-11-5-13(6-15)18(2)7-11/h5,7,12H,3-4,8-9H2,1-2H3/t12-/m0/s1. The van der Waals surface area contributed by atoms with E-state index in [9.17, 15) is 0 Å². The van der Waals surface area contributed by atoms with E-state index in [4.69, 9.17) is 9.78 Å². The monoisotopic (exact) mass is 271 g/mol. The number of nitrogens with zero attached hydrogens (tertiary/aromatic N) is 5. The molecule has 1 fully saturated rings. The number of aryl methyl sites for hydroxylation is 2. The van der Waals surface area contributed by atoms with Crippen molar-refractivity contribution in [1.82, 2.24) is 19.6 Å². The van der Waals surface area contributed by atoms with Crippen LogP contribution in [0.3, 0.4) is 0 Å². The van der Waals surface area contributed by atoms with E-state index in [0.717, 1.165) is 31.9 Å². The lowest BCUT2D eigenvalue weighted by atomic mass is 10.1. The number of rotatable bonds is 3. The first-order valence-electron chi connectivity index (χ1n) is 6.73. The van der Waals surface area contributed by atoms with Crippen LogP contribution >= 0.6 is 0 Å². The van der Waals surface area contributed by atoms with Gasteiger partial charge >= 0.3 is 0 Å². The number of hydrogen-bond acceptors (Lipinski definition) is 5. The third-order valence-electron chi connectivity index (χ3n) is 3.75. The molecule has 3 rings (SSSR count). The average molecular weight is 271 g/mol. The number of likely N-dealkylation sites (tertiary alicyclic amines) is 1. The van der Waals surface area contributed by atoms with Gasteiger partial charge in [-0.25, -0.2) is 0 Å². The van der Waals surface area contributed by atoms with Crippen molar-refractivity contribution >= 4 is 0 Å². The molecule has 6 heteroatoms. The molecule has 1 aliphatic heterocycles. The molecule has 0 radical (unpaired) electrons. The van der Waals surface area contributed by atoms with E-state index in [1.54, 1.807) is 0 Å². The van der Waals surface area contributed by atoms with Crippen LogP contribution in [0.25, 0.3) is 0 Å². The summed E-state index contributed by atoms with van der Waals surface area (Å²) in [5.41, 5.74) is 1.87. The Morgan fingerprint density at radius 3 is 3.05 bits per heavy atom. The molecule has 20 heavy (non-hydrogen) atoms. The van der Waals surface area contributed by atoms with E-state index < -0.39 is 0 Å². The van der Waals surface area contributed by atoms with Crippen LogP contribution in [0.5, 0.6) is 0 Å². The highest BCUT2D eigenvalue weighted by molar-refractivity contribution is 5.28. The van der Waals surface area contributed by atoms with Crippen LogP contribution in [-0.2, 0) is 13.6 Å². The van der Waals surface area contributed by atoms with Crippen LogP contribution in [0, 0.1) is 18.3 Å². The van der Waals surface area contributed by atoms with Gasteiger partial charge < -0.3 is 9.09 Å². The van der Waals surface area contributed by atoms with Crippen molar-refractivity contribution in [2.45, 2.75) is 25.8 Å². The minimum Gasteiger partial charge on any atom is -0.342 e. The molecule has 6 nitrogen and oxygen atoms in total. The molecule has 0 N–H and O–H groups in total. The average Bonchev–Trinajstić information content (AvgIpc) is 3.10. The summed E-state index contributed by atoms with van der Waals surface area (Å²) >= 11 is 0. The van der Waals surface area contributed by atoms with Crippen molar-refractivity contribution in [2.75, 3.05) is 13.1 Å². The summed E-state index contributed by atoms with van der Waals surface area (Å²) in [6.45, 7) is 4.65. The molecule has 0 saturated carbocycles. The van der Waals surface area contributed by atoms with Gasteiger partial charge in [0.05, 0.1) is 5.92 Å². The topological polar surface area (TPSA) is 70.9 Å². The highest BCUT2D eigenvalue weighted by Gasteiger charge is 2.28. The Morgan fingerprint density at radius 2 is 2.40 bits per heavy atom. The molecular weight excluding hydrogens is 254 g/mol. The van der Waals surface area contributed by atoms with Crippen molar-refractivity contribution in [3.63, 3.8) is 0 Å². The van der Waals surface area contributed by atoms with Crippen molar-refractivity contribution in [1.29, 1.82) is 5.26 Å². The first-order chi connectivity index (χ1) is 9.65. The van der Waals surface area contributed by atoms with Crippen LogP contribution < -0.4 is 0 Å². The predicted molar refractivity (Wildman–Crippen MR) is 71.8 cm³/mol. The minimum atomic E-state index is 0.329. The van der Waals surface area contributed by atoms with Crippen molar-refractivity contribution in [2.24, 2.45) is 7.05 Å². The first-order valence-corrected chi connectivity index (χ1v) is 6.73. The second kappa shape index (κ2) is 5.10. The Morgan fingerprint density at radius 1 is 1.55 bits per heavy atom. The van der Waals surface area contributed by atoms with E-state index >= 15 is 0 Å². The number of nitriles is 1. The Kier molecular flexibility index (Phi) is 3.28. The van der Waals surface area contributed by atoms with E-state index in [2.05, 4.69) is 21.1 Å². The van der Waals surface area contributed by atoms with Gasteiger partial charge in [-0.15, -0.1) is 0 Å². The maximum Gasteiger partial charge on any atom is 0.231 e. The summed E-state index contributed by atoms with van der Waals surface area (Å²) in [6, 6.07) is 4.14. The van der Waals surface area contributed by atoms with Crippen LogP contribution in [0.1, 0.15) is 35.3 Å². The maximum atomic E-state index is 8.97. The lowest BCUT2D eigenvalue weighted by Gasteiger charge is -2.13. The molecule has 3 heterocycles. The molecule has 0 aromatic carbocycles. The summed E-state index contributed by atoms with van der Waals surface area (Å²) in [6.07, 6.45) is 3.06. The van der Waals surface area contributed by atoms with Crippen LogP contribution in [-0.4, -0.2) is 32.7 Å². The van der Waals surface area contributed by atoms with E-state index in [1.807, 2.05) is 30.8 Å². The molecule has 0 bridgehead atoms. The largest absolute Gasteiger partial charge is 0.342 e. The molecule has 0 aliphatic carbocycles. The summed E-state index contributed by atoms with van der Waals surface area (Å²) in [7, 11) is 1.90. The molecule has 1 aliphatic rings. The van der Waals surface area contributed by atoms with Gasteiger partial charge in [0.2, 0.25) is 5.89 Å². The highest BCUT2D eigenvalue weighted by Crippen LogP contribution is 2.27. The molecule has 2 aromatic heterocycles. The Balaban J connectivity index is 1.64. The normalized spacial score (nSPS) is 19.4. The minimum absolute atomic E-state index is 0.329. The zero-order chi connectivity index (χ0) is 14.1. The summed E-state index contributed by atoms with van der Waals surface area (Å²) < 4.78 is 7.12. The van der Waals surface area contributed by atoms with E-state index in [-0.39, 0.29) is 0 Å². The Labute approximate surface area is 117 Å². The summed E-state index contributed by atoms with van der Waals surface area (Å²) in [5, 5.41) is 12.8. The molecule has 1 saturated heterocycles. The molecule has 104 valence electrons. The SMILES string of the molecule is Cc1noc([C@H]2CCN(Cc3cc(C#N)n(C)c3)C2)n1. The molecular formula is C14H17N5O. The number of aromatic nitrogens is 3. The van der Waals surface area contributed by atoms with E-state index in [0.29, 0.717) is 17.4 Å². The summed E-state index contributed by atoms with van der Waals surface area (Å²) in [5.74, 6) is 1.77. The molecule has 0 spiro atoms. The third-order valence-corrected chi connectivity index (χ3v) is 3.75. The second-order valence-corrected chi connectivity index (χ2v) is 5.36. The second-order valence-electron chi connectivity index (χ2n) is 5.36. The lowest BCUT2D eigenvalue weighted by molar-refractivity contribution is 0.308. The zero-order valence-corrected chi connectivity index (χ0v) is 11.7. The third kappa shape index (κ3) is 2.45. The van der Waals surface area contributed by atoms with Crippen LogP contribution in [0.4, 0.5) is 0 Å².